The SMILES string of the molecule is CO[C@@H]1CCC[C@@]12CCCN(CCCC(=O)O)C2. The fraction of sp³-hybridized carbons (Fsp3) is 0.929. The minimum Gasteiger partial charge on any atom is -0.481 e. The minimum absolute atomic E-state index is 0.289. The molecule has 104 valence electrons. The molecule has 1 aliphatic carbocycles. The molecule has 18 heavy (non-hydrogen) atoms. The van der Waals surface area contributed by atoms with E-state index in [2.05, 4.69) is 4.90 Å². The number of nitrogens with zero attached hydrogens (tertiary/aromatic N) is 1. The molecule has 0 amide bonds. The van der Waals surface area contributed by atoms with Crippen LogP contribution >= 0.6 is 0 Å². The molecule has 0 aromatic rings. The van der Waals surface area contributed by atoms with Crippen LogP contribution in [-0.4, -0.2) is 48.8 Å². The standard InChI is InChI=1S/C14H25NO3/c1-18-12-5-2-7-14(12)8-4-10-15(11-14)9-3-6-13(16)17/h12H,2-11H2,1H3,(H,16,17)/t12-,14+/m1/s1. The van der Waals surface area contributed by atoms with Crippen molar-refractivity contribution in [3.8, 4) is 0 Å². The Balaban J connectivity index is 1.86. The number of ether oxygens (including phenoxy) is 1. The van der Waals surface area contributed by atoms with E-state index in [4.69, 9.17) is 9.84 Å². The summed E-state index contributed by atoms with van der Waals surface area (Å²) in [6.45, 7) is 3.15. The van der Waals surface area contributed by atoms with E-state index in [0.29, 0.717) is 11.5 Å². The van der Waals surface area contributed by atoms with Crippen molar-refractivity contribution in [2.24, 2.45) is 5.41 Å². The summed E-state index contributed by atoms with van der Waals surface area (Å²) in [5.74, 6) is -0.683. The third-order valence-corrected chi connectivity index (χ3v) is 4.66. The van der Waals surface area contributed by atoms with Crippen LogP contribution < -0.4 is 0 Å². The zero-order chi connectivity index (χ0) is 13.0. The largest absolute Gasteiger partial charge is 0.481 e. The van der Waals surface area contributed by atoms with Gasteiger partial charge in [-0.1, -0.05) is 6.42 Å². The van der Waals surface area contributed by atoms with E-state index in [1.165, 1.54) is 32.1 Å². The average molecular weight is 255 g/mol. The van der Waals surface area contributed by atoms with Gasteiger partial charge in [-0.25, -0.2) is 0 Å². The van der Waals surface area contributed by atoms with Gasteiger partial charge >= 0.3 is 5.97 Å². The van der Waals surface area contributed by atoms with Gasteiger partial charge in [-0.2, -0.15) is 0 Å². The lowest BCUT2D eigenvalue weighted by Gasteiger charge is -2.43. The summed E-state index contributed by atoms with van der Waals surface area (Å²) in [6, 6.07) is 0. The van der Waals surface area contributed by atoms with E-state index in [-0.39, 0.29) is 6.42 Å². The Morgan fingerprint density at radius 2 is 2.22 bits per heavy atom. The zero-order valence-corrected chi connectivity index (χ0v) is 11.4. The molecule has 0 bridgehead atoms. The van der Waals surface area contributed by atoms with Gasteiger partial charge in [0.15, 0.2) is 0 Å². The lowest BCUT2D eigenvalue weighted by Crippen LogP contribution is -2.48. The maximum absolute atomic E-state index is 10.6. The van der Waals surface area contributed by atoms with E-state index in [1.807, 2.05) is 7.11 Å². The predicted octanol–water partition coefficient (Wildman–Crippen LogP) is 2.13. The molecule has 2 rings (SSSR count). The topological polar surface area (TPSA) is 49.8 Å². The van der Waals surface area contributed by atoms with E-state index >= 15 is 0 Å². The summed E-state index contributed by atoms with van der Waals surface area (Å²) in [7, 11) is 1.83. The highest BCUT2D eigenvalue weighted by Gasteiger charge is 2.45. The van der Waals surface area contributed by atoms with Crippen LogP contribution in [-0.2, 0) is 9.53 Å². The highest BCUT2D eigenvalue weighted by Crippen LogP contribution is 2.46. The van der Waals surface area contributed by atoms with Crippen LogP contribution in [0.25, 0.3) is 0 Å². The molecule has 2 fully saturated rings. The number of hydrogen-bond acceptors (Lipinski definition) is 3. The second kappa shape index (κ2) is 6.02. The van der Waals surface area contributed by atoms with Crippen molar-refractivity contribution in [3.05, 3.63) is 0 Å². The summed E-state index contributed by atoms with van der Waals surface area (Å²) in [4.78, 5) is 13.0. The monoisotopic (exact) mass is 255 g/mol. The van der Waals surface area contributed by atoms with Crippen LogP contribution in [0.1, 0.15) is 44.9 Å². The van der Waals surface area contributed by atoms with Crippen molar-refractivity contribution in [1.82, 2.24) is 4.90 Å². The average Bonchev–Trinajstić information content (AvgIpc) is 2.71. The molecule has 0 aromatic carbocycles. The summed E-state index contributed by atoms with van der Waals surface area (Å²) in [5.41, 5.74) is 0.357. The van der Waals surface area contributed by atoms with E-state index < -0.39 is 5.97 Å². The van der Waals surface area contributed by atoms with Crippen LogP contribution in [0.4, 0.5) is 0 Å². The van der Waals surface area contributed by atoms with Gasteiger partial charge in [-0.15, -0.1) is 0 Å². The molecule has 4 heteroatoms. The fourth-order valence-corrected chi connectivity index (χ4v) is 3.84. The lowest BCUT2D eigenvalue weighted by atomic mass is 9.76. The lowest BCUT2D eigenvalue weighted by molar-refractivity contribution is -0.137. The van der Waals surface area contributed by atoms with Crippen molar-refractivity contribution in [3.63, 3.8) is 0 Å². The Labute approximate surface area is 109 Å². The third kappa shape index (κ3) is 3.04. The Morgan fingerprint density at radius 1 is 1.44 bits per heavy atom. The van der Waals surface area contributed by atoms with Crippen LogP contribution in [0.2, 0.25) is 0 Å². The van der Waals surface area contributed by atoms with Gasteiger partial charge in [0.2, 0.25) is 0 Å². The number of carboxylic acid groups (broad SMARTS) is 1. The van der Waals surface area contributed by atoms with Gasteiger partial charge in [0.05, 0.1) is 6.10 Å². The molecule has 1 saturated carbocycles. The Kier molecular flexibility index (Phi) is 4.62. The van der Waals surface area contributed by atoms with Gasteiger partial charge < -0.3 is 14.7 Å². The van der Waals surface area contributed by atoms with Crippen LogP contribution in [0.5, 0.6) is 0 Å². The van der Waals surface area contributed by atoms with Crippen LogP contribution in [0.3, 0.4) is 0 Å². The minimum atomic E-state index is -0.683. The van der Waals surface area contributed by atoms with Gasteiger partial charge in [0.25, 0.3) is 0 Å². The number of methoxy groups -OCH3 is 1. The molecular formula is C14H25NO3. The first-order chi connectivity index (χ1) is 8.66. The number of carbonyl (C=O) groups is 1. The van der Waals surface area contributed by atoms with Crippen LogP contribution in [0, 0.1) is 5.41 Å². The quantitative estimate of drug-likeness (QED) is 0.817. The number of carboxylic acids is 1. The normalized spacial score (nSPS) is 33.1. The fourth-order valence-electron chi connectivity index (χ4n) is 3.84. The summed E-state index contributed by atoms with van der Waals surface area (Å²) in [5, 5.41) is 8.69. The van der Waals surface area contributed by atoms with E-state index in [0.717, 1.165) is 26.1 Å². The Bertz CT molecular complexity index is 295. The van der Waals surface area contributed by atoms with E-state index in [9.17, 15) is 4.79 Å². The first kappa shape index (κ1) is 13.8. The summed E-state index contributed by atoms with van der Waals surface area (Å²) >= 11 is 0. The maximum atomic E-state index is 10.6. The second-order valence-corrected chi connectivity index (χ2v) is 5.86. The van der Waals surface area contributed by atoms with Crippen molar-refractivity contribution in [2.75, 3.05) is 26.7 Å². The molecular weight excluding hydrogens is 230 g/mol. The molecule has 1 aliphatic heterocycles. The molecule has 2 atom stereocenters. The van der Waals surface area contributed by atoms with Crippen LogP contribution in [0.15, 0.2) is 0 Å². The molecule has 1 spiro atoms. The molecule has 0 unspecified atom stereocenters. The highest BCUT2D eigenvalue weighted by atomic mass is 16.5. The molecule has 1 N–H and O–H groups in total. The highest BCUT2D eigenvalue weighted by molar-refractivity contribution is 5.66. The van der Waals surface area contributed by atoms with Gasteiger partial charge in [0.1, 0.15) is 0 Å². The number of likely N-dealkylation sites (tertiary alicyclic amines) is 1. The zero-order valence-electron chi connectivity index (χ0n) is 11.4. The Morgan fingerprint density at radius 3 is 2.94 bits per heavy atom. The van der Waals surface area contributed by atoms with Crippen molar-refractivity contribution >= 4 is 5.97 Å². The first-order valence-electron chi connectivity index (χ1n) is 7.13. The Hall–Kier alpha value is -0.610. The molecule has 4 nitrogen and oxygen atoms in total. The van der Waals surface area contributed by atoms with Gasteiger partial charge in [0, 0.05) is 25.5 Å². The van der Waals surface area contributed by atoms with Crippen molar-refractivity contribution in [2.45, 2.75) is 51.0 Å². The molecule has 1 saturated heterocycles. The number of aliphatic carboxylic acids is 1. The van der Waals surface area contributed by atoms with Gasteiger partial charge in [-0.05, 0) is 45.2 Å². The number of hydrogen-bond donors (Lipinski definition) is 1. The molecule has 0 aromatic heterocycles. The number of piperidine rings is 1. The second-order valence-electron chi connectivity index (χ2n) is 5.86. The molecule has 0 radical (unpaired) electrons. The smallest absolute Gasteiger partial charge is 0.303 e. The third-order valence-electron chi connectivity index (χ3n) is 4.66. The van der Waals surface area contributed by atoms with E-state index in [1.54, 1.807) is 0 Å². The summed E-state index contributed by atoms with van der Waals surface area (Å²) < 4.78 is 5.67. The predicted molar refractivity (Wildman–Crippen MR) is 69.6 cm³/mol. The maximum Gasteiger partial charge on any atom is 0.303 e. The van der Waals surface area contributed by atoms with Crippen molar-refractivity contribution < 1.29 is 14.6 Å². The molecule has 1 heterocycles. The first-order valence-corrected chi connectivity index (χ1v) is 7.13. The van der Waals surface area contributed by atoms with Gasteiger partial charge in [-0.3, -0.25) is 4.79 Å². The number of rotatable bonds is 5. The van der Waals surface area contributed by atoms with Crippen molar-refractivity contribution in [1.29, 1.82) is 0 Å². The summed E-state index contributed by atoms with van der Waals surface area (Å²) in [6.07, 6.45) is 7.73. The molecule has 2 aliphatic rings.